The maximum absolute atomic E-state index is 13.2. The molecule has 0 bridgehead atoms. The van der Waals surface area contributed by atoms with E-state index in [1.165, 1.54) is 24.3 Å². The first-order valence-electron chi connectivity index (χ1n) is 10.6. The fraction of sp³-hybridized carbons (Fsp3) is 0.200. The third kappa shape index (κ3) is 7.50. The summed E-state index contributed by atoms with van der Waals surface area (Å²) in [6, 6.07) is 17.5. The minimum absolute atomic E-state index is 0.0229. The average Bonchev–Trinajstić information content (AvgIpc) is 2.80. The lowest BCUT2D eigenvalue weighted by Crippen LogP contribution is -2.24. The molecule has 0 radical (unpaired) electrons. The summed E-state index contributed by atoms with van der Waals surface area (Å²) in [5.74, 6) is -0.844. The van der Waals surface area contributed by atoms with Crippen LogP contribution in [0.1, 0.15) is 35.2 Å². The number of aryl methyl sites for hydroxylation is 1. The number of carbonyl (C=O) groups is 2. The van der Waals surface area contributed by atoms with Crippen LogP contribution in [0.25, 0.3) is 0 Å². The van der Waals surface area contributed by atoms with E-state index in [1.807, 2.05) is 24.3 Å². The summed E-state index contributed by atoms with van der Waals surface area (Å²) in [6.45, 7) is 0.546. The van der Waals surface area contributed by atoms with Gasteiger partial charge in [-0.25, -0.2) is 9.18 Å². The number of aromatic hydroxyl groups is 1. The van der Waals surface area contributed by atoms with Gasteiger partial charge in [0.2, 0.25) is 0 Å². The topological polar surface area (TPSA) is 90.5 Å². The number of halogens is 2. The zero-order valence-corrected chi connectivity index (χ0v) is 18.7. The number of nitrogens with one attached hydrogen (secondary N) is 3. The van der Waals surface area contributed by atoms with E-state index in [2.05, 4.69) is 16.0 Å². The molecular weight excluding hydrogens is 445 g/mol. The van der Waals surface area contributed by atoms with Gasteiger partial charge in [0.25, 0.3) is 5.91 Å². The molecule has 0 unspecified atom stereocenters. The predicted molar refractivity (Wildman–Crippen MR) is 128 cm³/mol. The van der Waals surface area contributed by atoms with E-state index >= 15 is 0 Å². The Labute approximate surface area is 196 Å². The maximum Gasteiger partial charge on any atom is 0.323 e. The molecule has 8 heteroatoms. The van der Waals surface area contributed by atoms with E-state index in [1.54, 1.807) is 18.2 Å². The Kier molecular flexibility index (Phi) is 8.66. The lowest BCUT2D eigenvalue weighted by Gasteiger charge is -2.09. The van der Waals surface area contributed by atoms with Crippen LogP contribution in [-0.4, -0.2) is 23.6 Å². The summed E-state index contributed by atoms with van der Waals surface area (Å²) in [6.07, 6.45) is 3.63. The molecule has 3 aromatic carbocycles. The van der Waals surface area contributed by atoms with Gasteiger partial charge in [0.1, 0.15) is 11.6 Å². The summed E-state index contributed by atoms with van der Waals surface area (Å²) in [4.78, 5) is 24.1. The quantitative estimate of drug-likeness (QED) is 0.291. The van der Waals surface area contributed by atoms with Crippen molar-refractivity contribution < 1.29 is 19.1 Å². The van der Waals surface area contributed by atoms with Gasteiger partial charge >= 0.3 is 6.03 Å². The number of amides is 3. The van der Waals surface area contributed by atoms with Crippen molar-refractivity contribution in [3.8, 4) is 5.75 Å². The molecule has 0 spiro atoms. The molecule has 172 valence electrons. The lowest BCUT2D eigenvalue weighted by atomic mass is 10.1. The van der Waals surface area contributed by atoms with Gasteiger partial charge in [0, 0.05) is 17.9 Å². The number of phenolic OH excluding ortho intramolecular Hbond substituents is 1. The Hall–Kier alpha value is -3.58. The molecule has 0 aliphatic carbocycles. The van der Waals surface area contributed by atoms with Crippen LogP contribution >= 0.6 is 11.6 Å². The van der Waals surface area contributed by atoms with E-state index in [9.17, 15) is 19.1 Å². The van der Waals surface area contributed by atoms with Crippen LogP contribution in [0, 0.1) is 5.82 Å². The summed E-state index contributed by atoms with van der Waals surface area (Å²) in [5.41, 5.74) is 2.45. The fourth-order valence-electron chi connectivity index (χ4n) is 3.22. The molecule has 0 aliphatic heterocycles. The van der Waals surface area contributed by atoms with Gasteiger partial charge in [0.15, 0.2) is 0 Å². The van der Waals surface area contributed by atoms with Crippen molar-refractivity contribution in [3.05, 3.63) is 88.7 Å². The van der Waals surface area contributed by atoms with Crippen molar-refractivity contribution in [2.75, 3.05) is 17.2 Å². The molecule has 4 N–H and O–H groups in total. The van der Waals surface area contributed by atoms with Gasteiger partial charge in [-0.15, -0.1) is 0 Å². The van der Waals surface area contributed by atoms with Gasteiger partial charge in [-0.05, 0) is 67.3 Å². The summed E-state index contributed by atoms with van der Waals surface area (Å²) in [5, 5.41) is 17.8. The van der Waals surface area contributed by atoms with Gasteiger partial charge in [0.05, 0.1) is 10.6 Å². The molecule has 3 aromatic rings. The third-order valence-electron chi connectivity index (χ3n) is 4.97. The van der Waals surface area contributed by atoms with Gasteiger partial charge < -0.3 is 21.1 Å². The lowest BCUT2D eigenvalue weighted by molar-refractivity contribution is 0.0950. The minimum Gasteiger partial charge on any atom is -0.507 e. The number of phenols is 1. The van der Waals surface area contributed by atoms with Gasteiger partial charge in [-0.3, -0.25) is 4.79 Å². The molecule has 33 heavy (non-hydrogen) atoms. The molecule has 3 rings (SSSR count). The van der Waals surface area contributed by atoms with E-state index in [0.717, 1.165) is 31.2 Å². The zero-order valence-electron chi connectivity index (χ0n) is 17.9. The number of carbonyl (C=O) groups excluding carboxylic acids is 2. The first kappa shape index (κ1) is 24.1. The minimum atomic E-state index is -0.546. The highest BCUT2D eigenvalue weighted by Crippen LogP contribution is 2.20. The Morgan fingerprint density at radius 1 is 0.879 bits per heavy atom. The first-order chi connectivity index (χ1) is 15.9. The number of para-hydroxylation sites is 1. The zero-order chi connectivity index (χ0) is 23.6. The van der Waals surface area contributed by atoms with E-state index in [-0.39, 0.29) is 22.2 Å². The highest BCUT2D eigenvalue weighted by molar-refractivity contribution is 6.31. The van der Waals surface area contributed by atoms with E-state index in [0.29, 0.717) is 17.9 Å². The van der Waals surface area contributed by atoms with Crippen LogP contribution in [0.4, 0.5) is 20.6 Å². The third-order valence-corrected chi connectivity index (χ3v) is 5.26. The second kappa shape index (κ2) is 11.9. The maximum atomic E-state index is 13.2. The molecule has 6 nitrogen and oxygen atoms in total. The molecule has 0 saturated heterocycles. The van der Waals surface area contributed by atoms with Crippen LogP contribution in [0.3, 0.4) is 0 Å². The van der Waals surface area contributed by atoms with Crippen molar-refractivity contribution in [2.45, 2.75) is 25.7 Å². The number of hydrogen-bond donors (Lipinski definition) is 4. The fourth-order valence-corrected chi connectivity index (χ4v) is 3.40. The highest BCUT2D eigenvalue weighted by Gasteiger charge is 2.09. The van der Waals surface area contributed by atoms with E-state index in [4.69, 9.17) is 11.6 Å². The Balaban J connectivity index is 1.34. The van der Waals surface area contributed by atoms with Crippen molar-refractivity contribution in [1.29, 1.82) is 0 Å². The molecule has 0 heterocycles. The molecular formula is C25H25ClFN3O3. The average molecular weight is 470 g/mol. The number of anilines is 2. The smallest absolute Gasteiger partial charge is 0.323 e. The molecule has 0 aliphatic rings. The van der Waals surface area contributed by atoms with Gasteiger partial charge in [-0.1, -0.05) is 42.3 Å². The molecule has 3 amide bonds. The second-order valence-electron chi connectivity index (χ2n) is 7.49. The number of hydrogen-bond acceptors (Lipinski definition) is 3. The van der Waals surface area contributed by atoms with Crippen LogP contribution in [0.15, 0.2) is 66.7 Å². The van der Waals surface area contributed by atoms with Gasteiger partial charge in [-0.2, -0.15) is 0 Å². The van der Waals surface area contributed by atoms with Crippen LogP contribution in [0.5, 0.6) is 5.75 Å². The van der Waals surface area contributed by atoms with Crippen LogP contribution in [0.2, 0.25) is 5.02 Å². The van der Waals surface area contributed by atoms with Crippen molar-refractivity contribution in [1.82, 2.24) is 5.32 Å². The predicted octanol–water partition coefficient (Wildman–Crippen LogP) is 5.97. The highest BCUT2D eigenvalue weighted by atomic mass is 35.5. The second-order valence-corrected chi connectivity index (χ2v) is 7.90. The SMILES string of the molecule is O=C(Nc1ccc(CCCCCNC(=O)c2ccccc2O)cc1)Nc1ccc(F)c(Cl)c1. The Morgan fingerprint density at radius 3 is 2.30 bits per heavy atom. The standard InChI is InChI=1S/C25H25ClFN3O3/c26-21-16-19(13-14-22(21)27)30-25(33)29-18-11-9-17(10-12-18)6-2-1-5-15-28-24(32)20-7-3-4-8-23(20)31/h3-4,7-14,16,31H,1-2,5-6,15H2,(H,28,32)(H2,29,30,33). The van der Waals surface area contributed by atoms with Crippen molar-refractivity contribution in [2.24, 2.45) is 0 Å². The number of benzene rings is 3. The van der Waals surface area contributed by atoms with E-state index < -0.39 is 11.8 Å². The summed E-state index contributed by atoms with van der Waals surface area (Å²) >= 11 is 5.72. The van der Waals surface area contributed by atoms with Crippen molar-refractivity contribution >= 4 is 34.9 Å². The number of rotatable bonds is 9. The molecule has 0 atom stereocenters. The monoisotopic (exact) mass is 469 g/mol. The molecule has 0 saturated carbocycles. The number of urea groups is 1. The molecule has 0 aromatic heterocycles. The Morgan fingerprint density at radius 2 is 1.58 bits per heavy atom. The summed E-state index contributed by atoms with van der Waals surface area (Å²) in [7, 11) is 0. The Bertz CT molecular complexity index is 1110. The van der Waals surface area contributed by atoms with Crippen LogP contribution in [-0.2, 0) is 6.42 Å². The summed E-state index contributed by atoms with van der Waals surface area (Å²) < 4.78 is 13.2. The number of unbranched alkanes of at least 4 members (excludes halogenated alkanes) is 2. The van der Waals surface area contributed by atoms with Crippen molar-refractivity contribution in [3.63, 3.8) is 0 Å². The van der Waals surface area contributed by atoms with Crippen LogP contribution < -0.4 is 16.0 Å². The molecule has 0 fully saturated rings. The first-order valence-corrected chi connectivity index (χ1v) is 11.0. The normalized spacial score (nSPS) is 10.5. The largest absolute Gasteiger partial charge is 0.507 e.